The molecule has 0 fully saturated rings. The van der Waals surface area contributed by atoms with Crippen molar-refractivity contribution in [3.05, 3.63) is 54.6 Å². The molecule has 3 rings (SSSR count). The van der Waals surface area contributed by atoms with E-state index in [2.05, 4.69) is 15.5 Å². The fraction of sp³-hybridized carbons (Fsp3) is 0.200. The Morgan fingerprint density at radius 3 is 2.25 bits per heavy atom. The van der Waals surface area contributed by atoms with Gasteiger partial charge in [0, 0.05) is 11.1 Å². The largest absolute Gasteiger partial charge is 0.484 e. The van der Waals surface area contributed by atoms with Gasteiger partial charge < -0.3 is 19.2 Å². The predicted molar refractivity (Wildman–Crippen MR) is 100 cm³/mol. The number of benzene rings is 2. The lowest BCUT2D eigenvalue weighted by Crippen LogP contribution is -2.34. The Hall–Kier alpha value is -3.68. The Labute approximate surface area is 161 Å². The number of aromatic nitrogens is 2. The second-order valence-corrected chi connectivity index (χ2v) is 5.67. The molecule has 3 aromatic rings. The zero-order valence-corrected chi connectivity index (χ0v) is 15.3. The second kappa shape index (κ2) is 9.31. The van der Waals surface area contributed by atoms with Gasteiger partial charge in [-0.25, -0.2) is 0 Å². The number of rotatable bonds is 8. The van der Waals surface area contributed by atoms with E-state index in [1.807, 2.05) is 30.3 Å². The van der Waals surface area contributed by atoms with E-state index in [9.17, 15) is 9.59 Å². The standard InChI is InChI=1S/C20H19N3O5/c1-2-26-18(25)12-21-17(24)13-27-16-10-8-15(9-11-16)20-23-22-19(28-20)14-6-4-3-5-7-14/h3-11H,2,12-13H2,1H3,(H,21,24). The van der Waals surface area contributed by atoms with Gasteiger partial charge >= 0.3 is 5.97 Å². The average Bonchev–Trinajstić information content (AvgIpc) is 3.22. The molecule has 1 aromatic heterocycles. The van der Waals surface area contributed by atoms with Crippen LogP contribution in [-0.2, 0) is 14.3 Å². The van der Waals surface area contributed by atoms with Crippen molar-refractivity contribution in [2.45, 2.75) is 6.92 Å². The van der Waals surface area contributed by atoms with Crippen molar-refractivity contribution in [3.8, 4) is 28.7 Å². The number of carbonyl (C=O) groups excluding carboxylic acids is 2. The molecule has 0 aliphatic carbocycles. The van der Waals surface area contributed by atoms with E-state index in [1.165, 1.54) is 0 Å². The number of hydrogen-bond acceptors (Lipinski definition) is 7. The van der Waals surface area contributed by atoms with Gasteiger partial charge in [0.1, 0.15) is 12.3 Å². The summed E-state index contributed by atoms with van der Waals surface area (Å²) in [4.78, 5) is 22.9. The number of carbonyl (C=O) groups is 2. The maximum Gasteiger partial charge on any atom is 0.325 e. The Morgan fingerprint density at radius 1 is 0.964 bits per heavy atom. The molecule has 0 atom stereocenters. The van der Waals surface area contributed by atoms with Crippen LogP contribution >= 0.6 is 0 Å². The highest BCUT2D eigenvalue weighted by Crippen LogP contribution is 2.25. The summed E-state index contributed by atoms with van der Waals surface area (Å²) in [6.07, 6.45) is 0. The Morgan fingerprint density at radius 2 is 1.61 bits per heavy atom. The highest BCUT2D eigenvalue weighted by atomic mass is 16.5. The highest BCUT2D eigenvalue weighted by Gasteiger charge is 2.11. The molecular formula is C20H19N3O5. The monoisotopic (exact) mass is 381 g/mol. The van der Waals surface area contributed by atoms with E-state index >= 15 is 0 Å². The van der Waals surface area contributed by atoms with Crippen molar-refractivity contribution in [1.82, 2.24) is 15.5 Å². The summed E-state index contributed by atoms with van der Waals surface area (Å²) >= 11 is 0. The molecule has 1 amide bonds. The number of amides is 1. The van der Waals surface area contributed by atoms with E-state index in [1.54, 1.807) is 31.2 Å². The van der Waals surface area contributed by atoms with Crippen LogP contribution < -0.4 is 10.1 Å². The molecule has 0 saturated carbocycles. The third kappa shape index (κ3) is 5.16. The fourth-order valence-corrected chi connectivity index (χ4v) is 2.31. The number of hydrogen-bond donors (Lipinski definition) is 1. The number of nitrogens with zero attached hydrogens (tertiary/aromatic N) is 2. The normalized spacial score (nSPS) is 10.3. The Bertz CT molecular complexity index is 923. The molecule has 0 radical (unpaired) electrons. The van der Waals surface area contributed by atoms with Crippen LogP contribution in [0.4, 0.5) is 0 Å². The molecule has 0 spiro atoms. The zero-order valence-electron chi connectivity index (χ0n) is 15.3. The molecule has 0 saturated heterocycles. The molecular weight excluding hydrogens is 362 g/mol. The van der Waals surface area contributed by atoms with Crippen LogP contribution in [0.1, 0.15) is 6.92 Å². The first-order valence-corrected chi connectivity index (χ1v) is 8.70. The van der Waals surface area contributed by atoms with Gasteiger partial charge in [-0.2, -0.15) is 0 Å². The summed E-state index contributed by atoms with van der Waals surface area (Å²) in [5.74, 6) is 0.417. The molecule has 8 heteroatoms. The van der Waals surface area contributed by atoms with Crippen molar-refractivity contribution in [2.75, 3.05) is 19.8 Å². The summed E-state index contributed by atoms with van der Waals surface area (Å²) in [6.45, 7) is 1.57. The van der Waals surface area contributed by atoms with Crippen molar-refractivity contribution >= 4 is 11.9 Å². The van der Waals surface area contributed by atoms with Crippen LogP contribution in [0.15, 0.2) is 59.0 Å². The number of esters is 1. The molecule has 28 heavy (non-hydrogen) atoms. The van der Waals surface area contributed by atoms with E-state index in [0.717, 1.165) is 11.1 Å². The summed E-state index contributed by atoms with van der Waals surface area (Å²) < 4.78 is 15.8. The summed E-state index contributed by atoms with van der Waals surface area (Å²) in [5, 5.41) is 10.5. The van der Waals surface area contributed by atoms with E-state index in [-0.39, 0.29) is 19.8 Å². The number of nitrogens with one attached hydrogen (secondary N) is 1. The Kier molecular flexibility index (Phi) is 6.35. The fourth-order valence-electron chi connectivity index (χ4n) is 2.31. The van der Waals surface area contributed by atoms with Gasteiger partial charge in [-0.3, -0.25) is 9.59 Å². The van der Waals surface area contributed by atoms with Crippen LogP contribution in [0.3, 0.4) is 0 Å². The molecule has 0 unspecified atom stereocenters. The Balaban J connectivity index is 1.53. The van der Waals surface area contributed by atoms with Gasteiger partial charge in [0.2, 0.25) is 11.8 Å². The minimum atomic E-state index is -0.491. The maximum atomic E-state index is 11.7. The van der Waals surface area contributed by atoms with Crippen LogP contribution in [0, 0.1) is 0 Å². The quantitative estimate of drug-likeness (QED) is 0.598. The molecule has 8 nitrogen and oxygen atoms in total. The first kappa shape index (κ1) is 19.1. The zero-order chi connectivity index (χ0) is 19.8. The lowest BCUT2D eigenvalue weighted by atomic mass is 10.2. The smallest absolute Gasteiger partial charge is 0.325 e. The van der Waals surface area contributed by atoms with Gasteiger partial charge in [0.15, 0.2) is 6.61 Å². The van der Waals surface area contributed by atoms with Crippen LogP contribution in [0.2, 0.25) is 0 Å². The van der Waals surface area contributed by atoms with Crippen molar-refractivity contribution in [3.63, 3.8) is 0 Å². The molecule has 1 heterocycles. The van der Waals surface area contributed by atoms with Crippen LogP contribution in [0.25, 0.3) is 22.9 Å². The summed E-state index contributed by atoms with van der Waals surface area (Å²) in [5.41, 5.74) is 1.57. The van der Waals surface area contributed by atoms with Crippen LogP contribution in [-0.4, -0.2) is 41.8 Å². The third-order valence-corrected chi connectivity index (χ3v) is 3.65. The second-order valence-electron chi connectivity index (χ2n) is 5.67. The SMILES string of the molecule is CCOC(=O)CNC(=O)COc1ccc(-c2nnc(-c3ccccc3)o2)cc1. The minimum absolute atomic E-state index is 0.185. The minimum Gasteiger partial charge on any atom is -0.484 e. The molecule has 2 aromatic carbocycles. The lowest BCUT2D eigenvalue weighted by molar-refractivity contribution is -0.143. The van der Waals surface area contributed by atoms with Gasteiger partial charge in [0.05, 0.1) is 6.61 Å². The van der Waals surface area contributed by atoms with E-state index in [4.69, 9.17) is 13.9 Å². The third-order valence-electron chi connectivity index (χ3n) is 3.65. The molecule has 1 N–H and O–H groups in total. The van der Waals surface area contributed by atoms with Crippen molar-refractivity contribution < 1.29 is 23.5 Å². The van der Waals surface area contributed by atoms with Gasteiger partial charge in [-0.05, 0) is 43.3 Å². The molecule has 0 aliphatic rings. The predicted octanol–water partition coefficient (Wildman–Crippen LogP) is 2.46. The van der Waals surface area contributed by atoms with Crippen molar-refractivity contribution in [1.29, 1.82) is 0 Å². The van der Waals surface area contributed by atoms with Crippen LogP contribution in [0.5, 0.6) is 5.75 Å². The topological polar surface area (TPSA) is 104 Å². The van der Waals surface area contributed by atoms with Gasteiger partial charge in [-0.1, -0.05) is 18.2 Å². The molecule has 144 valence electrons. The number of ether oxygens (including phenoxy) is 2. The van der Waals surface area contributed by atoms with Gasteiger partial charge in [-0.15, -0.1) is 10.2 Å². The summed E-state index contributed by atoms with van der Waals surface area (Å²) in [6, 6.07) is 16.4. The average molecular weight is 381 g/mol. The molecule has 0 aliphatic heterocycles. The highest BCUT2D eigenvalue weighted by molar-refractivity contribution is 5.82. The first-order valence-electron chi connectivity index (χ1n) is 8.70. The van der Waals surface area contributed by atoms with E-state index < -0.39 is 11.9 Å². The lowest BCUT2D eigenvalue weighted by Gasteiger charge is -2.07. The first-order chi connectivity index (χ1) is 13.7. The molecule has 0 bridgehead atoms. The van der Waals surface area contributed by atoms with Crippen molar-refractivity contribution in [2.24, 2.45) is 0 Å². The van der Waals surface area contributed by atoms with E-state index in [0.29, 0.717) is 17.5 Å². The summed E-state index contributed by atoms with van der Waals surface area (Å²) in [7, 11) is 0. The maximum absolute atomic E-state index is 11.7. The van der Waals surface area contributed by atoms with Gasteiger partial charge in [0.25, 0.3) is 5.91 Å².